The molecule has 0 saturated carbocycles. The van der Waals surface area contributed by atoms with Crippen molar-refractivity contribution < 1.29 is 8.42 Å². The number of hydrogen-bond donors (Lipinski definition) is 2. The first-order valence-corrected chi connectivity index (χ1v) is 9.12. The zero-order valence-corrected chi connectivity index (χ0v) is 13.1. The number of hydrogen-bond acceptors (Lipinski definition) is 5. The highest BCUT2D eigenvalue weighted by Gasteiger charge is 2.15. The summed E-state index contributed by atoms with van der Waals surface area (Å²) in [5.41, 5.74) is 5.44. The molecule has 0 bridgehead atoms. The lowest BCUT2D eigenvalue weighted by Gasteiger charge is -2.07. The molecule has 3 N–H and O–H groups in total. The van der Waals surface area contributed by atoms with Crippen molar-refractivity contribution in [2.75, 3.05) is 24.3 Å². The molecule has 1 aromatic heterocycles. The quantitative estimate of drug-likeness (QED) is 0.716. The molecule has 19 heavy (non-hydrogen) atoms. The van der Waals surface area contributed by atoms with Crippen molar-refractivity contribution in [1.82, 2.24) is 9.71 Å². The molecule has 0 radical (unpaired) electrons. The van der Waals surface area contributed by atoms with Crippen LogP contribution in [-0.4, -0.2) is 32.0 Å². The summed E-state index contributed by atoms with van der Waals surface area (Å²) in [4.78, 5) is 3.78. The molecule has 0 amide bonds. The van der Waals surface area contributed by atoms with Crippen LogP contribution >= 0.6 is 23.4 Å². The van der Waals surface area contributed by atoms with Gasteiger partial charge in [-0.25, -0.2) is 18.1 Å². The molecule has 0 aliphatic carbocycles. The lowest BCUT2D eigenvalue weighted by atomic mass is 10.2. The Labute approximate surface area is 123 Å². The highest BCUT2D eigenvalue weighted by molar-refractivity contribution is 7.98. The van der Waals surface area contributed by atoms with Crippen LogP contribution in [0.3, 0.4) is 0 Å². The summed E-state index contributed by atoms with van der Waals surface area (Å²) in [7, 11) is -3.55. The van der Waals surface area contributed by atoms with Crippen LogP contribution < -0.4 is 10.5 Å². The van der Waals surface area contributed by atoms with Gasteiger partial charge < -0.3 is 5.73 Å². The van der Waals surface area contributed by atoms with Crippen LogP contribution in [0.15, 0.2) is 17.2 Å². The molecule has 1 heterocycles. The number of nitrogens with one attached hydrogen (secondary N) is 1. The Bertz CT molecular complexity index is 509. The molecule has 8 heteroatoms. The van der Waals surface area contributed by atoms with Crippen LogP contribution in [0.2, 0.25) is 5.02 Å². The van der Waals surface area contributed by atoms with E-state index in [1.165, 1.54) is 12.3 Å². The first-order chi connectivity index (χ1) is 8.97. The molecule has 0 saturated heterocycles. The maximum atomic E-state index is 11.9. The Hall–Kier alpha value is -0.500. The van der Waals surface area contributed by atoms with E-state index >= 15 is 0 Å². The van der Waals surface area contributed by atoms with E-state index in [0.717, 1.165) is 25.0 Å². The Morgan fingerprint density at radius 2 is 2.16 bits per heavy atom. The van der Waals surface area contributed by atoms with E-state index in [9.17, 15) is 8.42 Å². The summed E-state index contributed by atoms with van der Waals surface area (Å²) < 4.78 is 26.4. The summed E-state index contributed by atoms with van der Waals surface area (Å²) in [6.45, 7) is 0.415. The van der Waals surface area contributed by atoms with Gasteiger partial charge in [-0.15, -0.1) is 0 Å². The van der Waals surface area contributed by atoms with Crippen LogP contribution in [0.1, 0.15) is 19.3 Å². The lowest BCUT2D eigenvalue weighted by molar-refractivity contribution is 0.576. The molecule has 0 aromatic carbocycles. The number of thioether (sulfide) groups is 1. The third-order valence-electron chi connectivity index (χ3n) is 2.47. The zero-order chi connectivity index (χ0) is 14.3. The summed E-state index contributed by atoms with van der Waals surface area (Å²) in [6.07, 6.45) is 6.18. The number of anilines is 1. The number of pyridine rings is 1. The van der Waals surface area contributed by atoms with E-state index in [1.54, 1.807) is 11.8 Å². The molecule has 0 aliphatic rings. The number of rotatable bonds is 8. The van der Waals surface area contributed by atoms with Gasteiger partial charge in [-0.3, -0.25) is 0 Å². The molecule has 0 aliphatic heterocycles. The van der Waals surface area contributed by atoms with E-state index in [4.69, 9.17) is 17.3 Å². The largest absolute Gasteiger partial charge is 0.382 e. The van der Waals surface area contributed by atoms with Gasteiger partial charge in [0.2, 0.25) is 10.0 Å². The zero-order valence-electron chi connectivity index (χ0n) is 10.7. The fraction of sp³-hybridized carbons (Fsp3) is 0.545. The standard InChI is InChI=1S/C11H18ClN3O2S2/c1-18-6-4-2-3-5-15-19(16,17)9-7-10(12)11(13)14-8-9/h7-8,15H,2-6H2,1H3,(H2,13,14). The van der Waals surface area contributed by atoms with Gasteiger partial charge in [-0.05, 0) is 30.9 Å². The summed E-state index contributed by atoms with van der Waals surface area (Å²) in [5.74, 6) is 1.22. The van der Waals surface area contributed by atoms with Gasteiger partial charge in [0, 0.05) is 12.7 Å². The van der Waals surface area contributed by atoms with E-state index in [-0.39, 0.29) is 15.7 Å². The van der Waals surface area contributed by atoms with Crippen LogP contribution in [0, 0.1) is 0 Å². The molecule has 1 aromatic rings. The maximum absolute atomic E-state index is 11.9. The Balaban J connectivity index is 2.49. The van der Waals surface area contributed by atoms with Gasteiger partial charge in [-0.2, -0.15) is 11.8 Å². The molecule has 108 valence electrons. The minimum absolute atomic E-state index is 0.0378. The number of sulfonamides is 1. The third kappa shape index (κ3) is 5.56. The van der Waals surface area contributed by atoms with Gasteiger partial charge in [0.1, 0.15) is 10.7 Å². The van der Waals surface area contributed by atoms with Gasteiger partial charge in [0.05, 0.1) is 5.02 Å². The molecule has 5 nitrogen and oxygen atoms in total. The Kier molecular flexibility index (Phi) is 6.92. The summed E-state index contributed by atoms with van der Waals surface area (Å²) >= 11 is 7.55. The average Bonchev–Trinajstić information content (AvgIpc) is 2.36. The third-order valence-corrected chi connectivity index (χ3v) is 4.90. The van der Waals surface area contributed by atoms with Crippen molar-refractivity contribution in [3.8, 4) is 0 Å². The van der Waals surface area contributed by atoms with Crippen LogP contribution in [0.25, 0.3) is 0 Å². The molecular formula is C11H18ClN3O2S2. The second-order valence-corrected chi connectivity index (χ2v) is 7.15. The monoisotopic (exact) mass is 323 g/mol. The van der Waals surface area contributed by atoms with E-state index in [0.29, 0.717) is 6.54 Å². The van der Waals surface area contributed by atoms with Gasteiger partial charge in [0.15, 0.2) is 0 Å². The van der Waals surface area contributed by atoms with Crippen molar-refractivity contribution in [3.63, 3.8) is 0 Å². The molecule has 0 atom stereocenters. The number of nitrogens with two attached hydrogens (primary N) is 1. The van der Waals surface area contributed by atoms with Crippen molar-refractivity contribution in [1.29, 1.82) is 0 Å². The number of nitrogen functional groups attached to an aromatic ring is 1. The van der Waals surface area contributed by atoms with Crippen molar-refractivity contribution in [3.05, 3.63) is 17.3 Å². The molecule has 0 spiro atoms. The number of nitrogens with zero attached hydrogens (tertiary/aromatic N) is 1. The second kappa shape index (κ2) is 7.94. The Morgan fingerprint density at radius 3 is 2.79 bits per heavy atom. The minimum atomic E-state index is -3.55. The van der Waals surface area contributed by atoms with Crippen LogP contribution in [0.5, 0.6) is 0 Å². The van der Waals surface area contributed by atoms with Gasteiger partial charge in [0.25, 0.3) is 0 Å². The van der Waals surface area contributed by atoms with Crippen molar-refractivity contribution in [2.45, 2.75) is 24.2 Å². The van der Waals surface area contributed by atoms with Gasteiger partial charge in [-0.1, -0.05) is 18.0 Å². The first kappa shape index (κ1) is 16.6. The molecule has 1 rings (SSSR count). The van der Waals surface area contributed by atoms with Crippen molar-refractivity contribution in [2.24, 2.45) is 0 Å². The van der Waals surface area contributed by atoms with Crippen LogP contribution in [0.4, 0.5) is 5.82 Å². The second-order valence-electron chi connectivity index (χ2n) is 3.99. The minimum Gasteiger partial charge on any atom is -0.382 e. The number of aromatic nitrogens is 1. The maximum Gasteiger partial charge on any atom is 0.242 e. The average molecular weight is 324 g/mol. The highest BCUT2D eigenvalue weighted by Crippen LogP contribution is 2.19. The number of unbranched alkanes of at least 4 members (excludes halogenated alkanes) is 2. The first-order valence-electron chi connectivity index (χ1n) is 5.87. The van der Waals surface area contributed by atoms with E-state index < -0.39 is 10.0 Å². The Morgan fingerprint density at radius 1 is 1.42 bits per heavy atom. The van der Waals surface area contributed by atoms with E-state index in [2.05, 4.69) is 16.0 Å². The highest BCUT2D eigenvalue weighted by atomic mass is 35.5. The number of halogens is 1. The molecular weight excluding hydrogens is 306 g/mol. The lowest BCUT2D eigenvalue weighted by Crippen LogP contribution is -2.25. The fourth-order valence-corrected chi connectivity index (χ4v) is 3.18. The van der Waals surface area contributed by atoms with Crippen molar-refractivity contribution >= 4 is 39.2 Å². The molecule has 0 unspecified atom stereocenters. The summed E-state index contributed by atoms with van der Waals surface area (Å²) in [6, 6.07) is 1.31. The normalized spacial score (nSPS) is 11.7. The SMILES string of the molecule is CSCCCCCNS(=O)(=O)c1cnc(N)c(Cl)c1. The predicted octanol–water partition coefficient (Wildman–Crippen LogP) is 2.13. The van der Waals surface area contributed by atoms with Gasteiger partial charge >= 0.3 is 0 Å². The van der Waals surface area contributed by atoms with Crippen LogP contribution in [-0.2, 0) is 10.0 Å². The fourth-order valence-electron chi connectivity index (χ4n) is 1.42. The topological polar surface area (TPSA) is 85.1 Å². The smallest absolute Gasteiger partial charge is 0.242 e. The van der Waals surface area contributed by atoms with E-state index in [1.807, 2.05) is 0 Å². The summed E-state index contributed by atoms with van der Waals surface area (Å²) in [5, 5.41) is 0.142. The molecule has 0 fully saturated rings. The predicted molar refractivity (Wildman–Crippen MR) is 81.1 cm³/mol.